The Morgan fingerprint density at radius 1 is 1.13 bits per heavy atom. The van der Waals surface area contributed by atoms with E-state index in [0.717, 1.165) is 28.2 Å². The number of hydrogen-bond donors (Lipinski definition) is 1. The normalized spacial score (nSPS) is 10.2. The summed E-state index contributed by atoms with van der Waals surface area (Å²) in [5, 5.41) is 2.89. The number of nitrogens with one attached hydrogen (secondary N) is 1. The molecular weight excluding hydrogens is 290 g/mol. The molecule has 0 atom stereocenters. The molecule has 0 saturated carbocycles. The van der Waals surface area contributed by atoms with Crippen molar-refractivity contribution in [2.24, 2.45) is 0 Å². The monoisotopic (exact) mass is 313 g/mol. The van der Waals surface area contributed by atoms with Gasteiger partial charge in [-0.2, -0.15) is 0 Å². The number of hydrogen-bond acceptors (Lipinski definition) is 3. The Morgan fingerprint density at radius 3 is 2.74 bits per heavy atom. The molecule has 0 heterocycles. The highest BCUT2D eigenvalue weighted by atomic mass is 16.5. The molecule has 1 N–H and O–H groups in total. The van der Waals surface area contributed by atoms with Crippen LogP contribution < -0.4 is 14.8 Å². The van der Waals surface area contributed by atoms with Gasteiger partial charge in [0.15, 0.2) is 0 Å². The van der Waals surface area contributed by atoms with Crippen LogP contribution in [-0.4, -0.2) is 19.6 Å². The van der Waals surface area contributed by atoms with E-state index in [1.807, 2.05) is 56.3 Å². The molecule has 0 aliphatic heterocycles. The van der Waals surface area contributed by atoms with Crippen LogP contribution in [0.1, 0.15) is 23.1 Å². The molecule has 1 amide bonds. The van der Waals surface area contributed by atoms with Crippen molar-refractivity contribution in [2.75, 3.05) is 13.7 Å². The van der Waals surface area contributed by atoms with Gasteiger partial charge in [0.05, 0.1) is 20.1 Å². The summed E-state index contributed by atoms with van der Waals surface area (Å²) < 4.78 is 10.9. The lowest BCUT2D eigenvalue weighted by Crippen LogP contribution is -2.24. The molecule has 0 unspecified atom stereocenters. The van der Waals surface area contributed by atoms with Gasteiger partial charge in [0.2, 0.25) is 5.91 Å². The van der Waals surface area contributed by atoms with Crippen molar-refractivity contribution in [3.8, 4) is 11.5 Å². The molecule has 0 bridgehead atoms. The van der Waals surface area contributed by atoms with Crippen molar-refractivity contribution in [1.29, 1.82) is 0 Å². The Morgan fingerprint density at radius 2 is 1.96 bits per heavy atom. The van der Waals surface area contributed by atoms with Gasteiger partial charge in [-0.25, -0.2) is 0 Å². The van der Waals surface area contributed by atoms with E-state index in [9.17, 15) is 4.79 Å². The lowest BCUT2D eigenvalue weighted by atomic mass is 10.1. The van der Waals surface area contributed by atoms with Crippen molar-refractivity contribution < 1.29 is 14.3 Å². The van der Waals surface area contributed by atoms with Crippen LogP contribution in [0.25, 0.3) is 0 Å². The SMILES string of the molecule is COc1cccc(CNC(=O)CCOc2cc(C)ccc2C)c1. The van der Waals surface area contributed by atoms with Crippen LogP contribution in [0.3, 0.4) is 0 Å². The molecule has 0 aliphatic rings. The maximum Gasteiger partial charge on any atom is 0.223 e. The van der Waals surface area contributed by atoms with E-state index in [-0.39, 0.29) is 5.91 Å². The lowest BCUT2D eigenvalue weighted by molar-refractivity contribution is -0.121. The zero-order valence-corrected chi connectivity index (χ0v) is 13.9. The first kappa shape index (κ1) is 16.9. The Hall–Kier alpha value is -2.49. The average molecular weight is 313 g/mol. The van der Waals surface area contributed by atoms with E-state index >= 15 is 0 Å². The minimum Gasteiger partial charge on any atom is -0.497 e. The summed E-state index contributed by atoms with van der Waals surface area (Å²) in [5.41, 5.74) is 3.23. The van der Waals surface area contributed by atoms with Gasteiger partial charge in [-0.1, -0.05) is 24.3 Å². The predicted octanol–water partition coefficient (Wildman–Crippen LogP) is 3.40. The maximum absolute atomic E-state index is 11.9. The van der Waals surface area contributed by atoms with Gasteiger partial charge >= 0.3 is 0 Å². The molecule has 4 heteroatoms. The second-order valence-corrected chi connectivity index (χ2v) is 5.50. The molecular formula is C19H23NO3. The quantitative estimate of drug-likeness (QED) is 0.852. The third-order valence-corrected chi connectivity index (χ3v) is 3.55. The Bertz CT molecular complexity index is 667. The fourth-order valence-electron chi connectivity index (χ4n) is 2.19. The third-order valence-electron chi connectivity index (χ3n) is 3.55. The van der Waals surface area contributed by atoms with E-state index in [0.29, 0.717) is 19.6 Å². The molecule has 4 nitrogen and oxygen atoms in total. The molecule has 23 heavy (non-hydrogen) atoms. The molecule has 0 spiro atoms. The van der Waals surface area contributed by atoms with Crippen LogP contribution in [0.15, 0.2) is 42.5 Å². The van der Waals surface area contributed by atoms with E-state index in [1.165, 1.54) is 0 Å². The fraction of sp³-hybridized carbons (Fsp3) is 0.316. The van der Waals surface area contributed by atoms with E-state index in [4.69, 9.17) is 9.47 Å². The van der Waals surface area contributed by atoms with Crippen molar-refractivity contribution in [2.45, 2.75) is 26.8 Å². The van der Waals surface area contributed by atoms with Gasteiger partial charge in [0.1, 0.15) is 11.5 Å². The van der Waals surface area contributed by atoms with E-state index in [2.05, 4.69) is 5.32 Å². The molecule has 0 radical (unpaired) electrons. The summed E-state index contributed by atoms with van der Waals surface area (Å²) in [6.07, 6.45) is 0.331. The first-order chi connectivity index (χ1) is 11.1. The summed E-state index contributed by atoms with van der Waals surface area (Å²) in [7, 11) is 1.63. The van der Waals surface area contributed by atoms with Crippen molar-refractivity contribution >= 4 is 5.91 Å². The standard InChI is InChI=1S/C19H23NO3/c1-14-7-8-15(2)18(11-14)23-10-9-19(21)20-13-16-5-4-6-17(12-16)22-3/h4-8,11-12H,9-10,13H2,1-3H3,(H,20,21). The predicted molar refractivity (Wildman–Crippen MR) is 90.9 cm³/mol. The third kappa shape index (κ3) is 5.33. The number of amides is 1. The molecule has 0 aliphatic carbocycles. The Labute approximate surface area is 137 Å². The van der Waals surface area contributed by atoms with Crippen LogP contribution in [0, 0.1) is 13.8 Å². The van der Waals surface area contributed by atoms with Gasteiger partial charge in [0, 0.05) is 6.54 Å². The molecule has 2 aromatic carbocycles. The Balaban J connectivity index is 1.75. The number of aryl methyl sites for hydroxylation is 2. The van der Waals surface area contributed by atoms with Gasteiger partial charge in [-0.3, -0.25) is 4.79 Å². The molecule has 0 fully saturated rings. The average Bonchev–Trinajstić information content (AvgIpc) is 2.56. The first-order valence-electron chi connectivity index (χ1n) is 7.68. The van der Waals surface area contributed by atoms with Gasteiger partial charge in [-0.15, -0.1) is 0 Å². The van der Waals surface area contributed by atoms with Gasteiger partial charge in [-0.05, 0) is 48.7 Å². The van der Waals surface area contributed by atoms with Crippen LogP contribution in [0.2, 0.25) is 0 Å². The Kier molecular flexibility index (Phi) is 6.03. The van der Waals surface area contributed by atoms with Crippen LogP contribution in [-0.2, 0) is 11.3 Å². The number of carbonyl (C=O) groups excluding carboxylic acids is 1. The first-order valence-corrected chi connectivity index (χ1v) is 7.68. The van der Waals surface area contributed by atoms with Crippen LogP contribution >= 0.6 is 0 Å². The van der Waals surface area contributed by atoms with E-state index in [1.54, 1.807) is 7.11 Å². The zero-order valence-electron chi connectivity index (χ0n) is 13.9. The summed E-state index contributed by atoms with van der Waals surface area (Å²) in [6.45, 7) is 4.87. The minimum atomic E-state index is -0.0295. The van der Waals surface area contributed by atoms with E-state index < -0.39 is 0 Å². The summed E-state index contributed by atoms with van der Waals surface area (Å²) in [5.74, 6) is 1.60. The highest BCUT2D eigenvalue weighted by Gasteiger charge is 2.04. The lowest BCUT2D eigenvalue weighted by Gasteiger charge is -2.10. The number of benzene rings is 2. The molecule has 122 valence electrons. The smallest absolute Gasteiger partial charge is 0.223 e. The molecule has 0 aromatic heterocycles. The summed E-state index contributed by atoms with van der Waals surface area (Å²) >= 11 is 0. The minimum absolute atomic E-state index is 0.0295. The molecule has 0 saturated heterocycles. The van der Waals surface area contributed by atoms with Crippen molar-refractivity contribution in [1.82, 2.24) is 5.32 Å². The fourth-order valence-corrected chi connectivity index (χ4v) is 2.19. The summed E-state index contributed by atoms with van der Waals surface area (Å²) in [4.78, 5) is 11.9. The highest BCUT2D eigenvalue weighted by molar-refractivity contribution is 5.76. The number of methoxy groups -OCH3 is 1. The van der Waals surface area contributed by atoms with Crippen molar-refractivity contribution in [3.05, 3.63) is 59.2 Å². The molecule has 2 aromatic rings. The second-order valence-electron chi connectivity index (χ2n) is 5.50. The van der Waals surface area contributed by atoms with Gasteiger partial charge < -0.3 is 14.8 Å². The second kappa shape index (κ2) is 8.22. The zero-order chi connectivity index (χ0) is 16.7. The maximum atomic E-state index is 11.9. The van der Waals surface area contributed by atoms with Crippen molar-refractivity contribution in [3.63, 3.8) is 0 Å². The molecule has 2 rings (SSSR count). The van der Waals surface area contributed by atoms with Crippen LogP contribution in [0.5, 0.6) is 11.5 Å². The summed E-state index contributed by atoms with van der Waals surface area (Å²) in [6, 6.07) is 13.7. The largest absolute Gasteiger partial charge is 0.497 e. The number of ether oxygens (including phenoxy) is 2. The number of rotatable bonds is 7. The number of carbonyl (C=O) groups is 1. The topological polar surface area (TPSA) is 47.6 Å². The van der Waals surface area contributed by atoms with Gasteiger partial charge in [0.25, 0.3) is 0 Å². The highest BCUT2D eigenvalue weighted by Crippen LogP contribution is 2.19. The van der Waals surface area contributed by atoms with Crippen LogP contribution in [0.4, 0.5) is 0 Å².